The Morgan fingerprint density at radius 3 is 2.32 bits per heavy atom. The minimum absolute atomic E-state index is 0.0714. The molecule has 1 N–H and O–H groups in total. The maximum atomic E-state index is 13.1. The number of nitrogens with zero attached hydrogens (tertiary/aromatic N) is 4. The van der Waals surface area contributed by atoms with Crippen LogP contribution in [-0.4, -0.2) is 81.6 Å². The summed E-state index contributed by atoms with van der Waals surface area (Å²) in [6.07, 6.45) is -0.984. The van der Waals surface area contributed by atoms with E-state index in [1.54, 1.807) is 17.0 Å². The van der Waals surface area contributed by atoms with Gasteiger partial charge in [0, 0.05) is 56.5 Å². The lowest BCUT2D eigenvalue weighted by molar-refractivity contribution is -0.384. The summed E-state index contributed by atoms with van der Waals surface area (Å²) in [5, 5.41) is 22.8. The Morgan fingerprint density at radius 1 is 1.06 bits per heavy atom. The number of β-amino-alcohol motifs (C(OH)–C–C–N with tert-alkyl or cyclic N) is 1. The minimum atomic E-state index is -3.87. The van der Waals surface area contributed by atoms with Crippen molar-refractivity contribution in [3.05, 3.63) is 51.6 Å². The first-order chi connectivity index (χ1) is 16.2. The molecule has 0 aromatic heterocycles. The molecule has 1 unspecified atom stereocenters. The van der Waals surface area contributed by atoms with E-state index in [9.17, 15) is 23.6 Å². The number of piperazine rings is 1. The standard InChI is InChI=1S/C22H28N4O7S/c1-23-8-10-25(11-9-23)34(30,31)15-4-5-17(18(12-15)26(28)29)24-13-16-20(32-2)6-7-21(33-3)22(16)19(27)14-24/h4-7,12,19,27H,8-11,13-14H2,1-3H3. The van der Waals surface area contributed by atoms with Gasteiger partial charge in [-0.2, -0.15) is 4.31 Å². The van der Waals surface area contributed by atoms with Crippen molar-refractivity contribution in [1.29, 1.82) is 0 Å². The first kappa shape index (κ1) is 24.2. The van der Waals surface area contributed by atoms with Crippen LogP contribution in [0.5, 0.6) is 11.5 Å². The molecule has 2 aliphatic heterocycles. The van der Waals surface area contributed by atoms with Crippen molar-refractivity contribution in [3.8, 4) is 11.5 Å². The Morgan fingerprint density at radius 2 is 1.71 bits per heavy atom. The molecule has 1 saturated heterocycles. The molecule has 2 aromatic rings. The summed E-state index contributed by atoms with van der Waals surface area (Å²) in [7, 11) is 1.06. The van der Waals surface area contributed by atoms with E-state index < -0.39 is 21.1 Å². The van der Waals surface area contributed by atoms with Gasteiger partial charge in [0.25, 0.3) is 5.69 Å². The van der Waals surface area contributed by atoms with Crippen molar-refractivity contribution in [1.82, 2.24) is 9.21 Å². The molecule has 0 radical (unpaired) electrons. The van der Waals surface area contributed by atoms with Gasteiger partial charge in [0.2, 0.25) is 10.0 Å². The summed E-state index contributed by atoms with van der Waals surface area (Å²) in [5.74, 6) is 1.03. The van der Waals surface area contributed by atoms with Crippen molar-refractivity contribution >= 4 is 21.4 Å². The fourth-order valence-corrected chi connectivity index (χ4v) is 5.96. The third-order valence-corrected chi connectivity index (χ3v) is 8.27. The second-order valence-electron chi connectivity index (χ2n) is 8.37. The van der Waals surface area contributed by atoms with Crippen LogP contribution in [0.25, 0.3) is 0 Å². The summed E-state index contributed by atoms with van der Waals surface area (Å²) in [6.45, 7) is 2.13. The molecule has 1 atom stereocenters. The molecule has 4 rings (SSSR count). The van der Waals surface area contributed by atoms with Gasteiger partial charge in [-0.25, -0.2) is 8.42 Å². The zero-order valence-electron chi connectivity index (χ0n) is 19.3. The smallest absolute Gasteiger partial charge is 0.293 e. The van der Waals surface area contributed by atoms with Gasteiger partial charge < -0.3 is 24.4 Å². The van der Waals surface area contributed by atoms with Crippen LogP contribution in [-0.2, 0) is 16.6 Å². The number of rotatable bonds is 6. The normalized spacial score (nSPS) is 19.5. The first-order valence-electron chi connectivity index (χ1n) is 10.8. The van der Waals surface area contributed by atoms with Crippen LogP contribution < -0.4 is 14.4 Å². The Bertz CT molecular complexity index is 1200. The van der Waals surface area contributed by atoms with Gasteiger partial charge in [0.1, 0.15) is 23.3 Å². The summed E-state index contributed by atoms with van der Waals surface area (Å²) in [5.41, 5.74) is 1.11. The number of benzene rings is 2. The molecule has 2 aromatic carbocycles. The maximum absolute atomic E-state index is 13.1. The van der Waals surface area contributed by atoms with Crippen LogP contribution in [0.4, 0.5) is 11.4 Å². The molecular formula is C22H28N4O7S. The molecule has 0 amide bonds. The van der Waals surface area contributed by atoms with Gasteiger partial charge in [-0.05, 0) is 31.3 Å². The first-order valence-corrected chi connectivity index (χ1v) is 12.2. The summed E-state index contributed by atoms with van der Waals surface area (Å²) in [4.78, 5) is 14.9. The van der Waals surface area contributed by atoms with Gasteiger partial charge in [-0.1, -0.05) is 0 Å². The number of likely N-dealkylation sites (N-methyl/N-ethyl adjacent to an activating group) is 1. The lowest BCUT2D eigenvalue weighted by Gasteiger charge is -2.35. The Balaban J connectivity index is 1.72. The number of nitro groups is 1. The highest BCUT2D eigenvalue weighted by Crippen LogP contribution is 2.42. The fourth-order valence-electron chi connectivity index (χ4n) is 4.51. The zero-order valence-corrected chi connectivity index (χ0v) is 20.1. The van der Waals surface area contributed by atoms with E-state index in [0.29, 0.717) is 48.8 Å². The highest BCUT2D eigenvalue weighted by molar-refractivity contribution is 7.89. The van der Waals surface area contributed by atoms with Gasteiger partial charge in [-0.3, -0.25) is 10.1 Å². The number of ether oxygens (including phenoxy) is 2. The van der Waals surface area contributed by atoms with Crippen molar-refractivity contribution < 1.29 is 27.9 Å². The van der Waals surface area contributed by atoms with Crippen molar-refractivity contribution in [2.24, 2.45) is 0 Å². The Hall–Kier alpha value is -2.93. The van der Waals surface area contributed by atoms with Crippen LogP contribution in [0.2, 0.25) is 0 Å². The van der Waals surface area contributed by atoms with Gasteiger partial charge >= 0.3 is 0 Å². The fraction of sp³-hybridized carbons (Fsp3) is 0.455. The molecule has 0 saturated carbocycles. The average molecular weight is 493 g/mol. The molecule has 2 heterocycles. The molecule has 0 aliphatic carbocycles. The molecule has 1 fully saturated rings. The lowest BCUT2D eigenvalue weighted by atomic mass is 9.94. The lowest BCUT2D eigenvalue weighted by Crippen LogP contribution is -2.47. The Kier molecular flexibility index (Phi) is 6.67. The number of anilines is 1. The highest BCUT2D eigenvalue weighted by Gasteiger charge is 2.34. The van der Waals surface area contributed by atoms with E-state index in [1.165, 1.54) is 30.7 Å². The predicted octanol–water partition coefficient (Wildman–Crippen LogP) is 1.60. The average Bonchev–Trinajstić information content (AvgIpc) is 2.83. The third-order valence-electron chi connectivity index (χ3n) is 6.37. The van der Waals surface area contributed by atoms with E-state index in [1.807, 2.05) is 11.9 Å². The van der Waals surface area contributed by atoms with Gasteiger partial charge in [0.15, 0.2) is 0 Å². The van der Waals surface area contributed by atoms with Crippen molar-refractivity contribution in [2.45, 2.75) is 17.5 Å². The summed E-state index contributed by atoms with van der Waals surface area (Å²) < 4.78 is 38.4. The second-order valence-corrected chi connectivity index (χ2v) is 10.3. The number of hydrogen-bond donors (Lipinski definition) is 1. The minimum Gasteiger partial charge on any atom is -0.496 e. The van der Waals surface area contributed by atoms with Gasteiger partial charge in [-0.15, -0.1) is 0 Å². The second kappa shape index (κ2) is 9.37. The molecular weight excluding hydrogens is 464 g/mol. The van der Waals surface area contributed by atoms with Gasteiger partial charge in [0.05, 0.1) is 24.0 Å². The number of hydrogen-bond acceptors (Lipinski definition) is 9. The van der Waals surface area contributed by atoms with Crippen LogP contribution in [0.3, 0.4) is 0 Å². The van der Waals surface area contributed by atoms with E-state index >= 15 is 0 Å². The van der Waals surface area contributed by atoms with E-state index in [4.69, 9.17) is 9.47 Å². The quantitative estimate of drug-likeness (QED) is 0.473. The maximum Gasteiger partial charge on any atom is 0.293 e. The molecule has 0 spiro atoms. The number of sulfonamides is 1. The monoisotopic (exact) mass is 492 g/mol. The number of aliphatic hydroxyl groups excluding tert-OH is 1. The van der Waals surface area contributed by atoms with Crippen LogP contribution in [0, 0.1) is 10.1 Å². The third kappa shape index (κ3) is 4.29. The molecule has 0 bridgehead atoms. The number of methoxy groups -OCH3 is 2. The number of nitro benzene ring substituents is 1. The molecule has 34 heavy (non-hydrogen) atoms. The Labute approximate surface area is 198 Å². The van der Waals surface area contributed by atoms with Crippen LogP contribution in [0.15, 0.2) is 35.2 Å². The number of aliphatic hydroxyl groups is 1. The topological polar surface area (TPSA) is 126 Å². The van der Waals surface area contributed by atoms with Crippen molar-refractivity contribution in [2.75, 3.05) is 58.9 Å². The molecule has 11 nitrogen and oxygen atoms in total. The zero-order chi connectivity index (χ0) is 24.6. The largest absolute Gasteiger partial charge is 0.496 e. The van der Waals surface area contributed by atoms with Crippen LogP contribution in [0.1, 0.15) is 17.2 Å². The van der Waals surface area contributed by atoms with E-state index in [2.05, 4.69) is 0 Å². The van der Waals surface area contributed by atoms with E-state index in [0.717, 1.165) is 6.07 Å². The van der Waals surface area contributed by atoms with E-state index in [-0.39, 0.29) is 29.4 Å². The summed E-state index contributed by atoms with van der Waals surface area (Å²) >= 11 is 0. The SMILES string of the molecule is COc1ccc(OC)c2c1CN(c1ccc(S(=O)(=O)N3CCN(C)CC3)cc1[N+](=O)[O-])CC2O. The highest BCUT2D eigenvalue weighted by atomic mass is 32.2. The molecule has 2 aliphatic rings. The van der Waals surface area contributed by atoms with Crippen molar-refractivity contribution in [3.63, 3.8) is 0 Å². The molecule has 12 heteroatoms. The summed E-state index contributed by atoms with van der Waals surface area (Å²) in [6, 6.07) is 7.35. The van der Waals surface area contributed by atoms with Crippen LogP contribution >= 0.6 is 0 Å². The predicted molar refractivity (Wildman–Crippen MR) is 125 cm³/mol. The number of fused-ring (bicyclic) bond motifs is 1. The molecule has 184 valence electrons.